The number of sulfonamides is 1. The predicted octanol–water partition coefficient (Wildman–Crippen LogP) is 7.41. The van der Waals surface area contributed by atoms with E-state index in [1.807, 2.05) is 52.0 Å². The minimum atomic E-state index is -4.74. The number of nitrogens with zero attached hydrogens (tertiary/aromatic N) is 5. The molecule has 424 valence electrons. The molecule has 24 heteroatoms. The molecule has 1 fully saturated rings. The zero-order chi connectivity index (χ0) is 56.5. The maximum Gasteiger partial charge on any atom is 0.421 e. The highest BCUT2D eigenvalue weighted by atomic mass is 32.2. The molecule has 0 bridgehead atoms. The fourth-order valence-electron chi connectivity index (χ4n) is 8.21. The molecule has 3 atom stereocenters. The monoisotopic (exact) mass is 1130 g/mol. The minimum absolute atomic E-state index is 0.0121. The van der Waals surface area contributed by atoms with E-state index in [1.165, 1.54) is 11.9 Å². The van der Waals surface area contributed by atoms with Crippen molar-refractivity contribution in [2.45, 2.75) is 78.4 Å². The summed E-state index contributed by atoms with van der Waals surface area (Å²) >= 11 is 1.57. The van der Waals surface area contributed by atoms with Gasteiger partial charge < -0.3 is 49.6 Å². The third-order valence-corrected chi connectivity index (χ3v) is 14.8. The van der Waals surface area contributed by atoms with Crippen molar-refractivity contribution in [3.63, 3.8) is 0 Å². The Balaban J connectivity index is 0.799. The van der Waals surface area contributed by atoms with Crippen molar-refractivity contribution < 1.29 is 64.8 Å². The molecule has 0 unspecified atom stereocenters. The van der Waals surface area contributed by atoms with Crippen LogP contribution in [-0.4, -0.2) is 142 Å². The summed E-state index contributed by atoms with van der Waals surface area (Å²) in [4.78, 5) is 55.3. The molecule has 19 nitrogen and oxygen atoms in total. The van der Waals surface area contributed by atoms with E-state index in [0.29, 0.717) is 61.9 Å². The number of hydrogen-bond donors (Lipinski definition) is 4. The van der Waals surface area contributed by atoms with Crippen molar-refractivity contribution in [1.29, 1.82) is 0 Å². The summed E-state index contributed by atoms with van der Waals surface area (Å²) in [6, 6.07) is 20.0. The van der Waals surface area contributed by atoms with E-state index in [2.05, 4.69) is 30.9 Å². The van der Waals surface area contributed by atoms with Gasteiger partial charge in [0.2, 0.25) is 27.8 Å². The Labute approximate surface area is 457 Å². The number of ether oxygens (including phenoxy) is 5. The molecule has 5 aromatic rings. The van der Waals surface area contributed by atoms with Gasteiger partial charge in [0.05, 0.1) is 87.0 Å². The molecular formula is C54H69F3N8O11S2. The highest BCUT2D eigenvalue weighted by Crippen LogP contribution is 2.36. The first-order valence-electron chi connectivity index (χ1n) is 25.4. The molecule has 0 spiro atoms. The second-order valence-corrected chi connectivity index (χ2v) is 22.5. The lowest BCUT2D eigenvalue weighted by atomic mass is 9.76. The number of benzene rings is 3. The smallest absolute Gasteiger partial charge is 0.421 e. The first kappa shape index (κ1) is 60.9. The number of aliphatic hydroxyl groups excluding tert-OH is 1. The number of aromatic nitrogens is 3. The maximum atomic E-state index is 14.0. The first-order valence-corrected chi connectivity index (χ1v) is 28.1. The topological polar surface area (TPSA) is 233 Å². The Hall–Kier alpha value is -6.28. The van der Waals surface area contributed by atoms with Gasteiger partial charge in [0.1, 0.15) is 35.6 Å². The van der Waals surface area contributed by atoms with E-state index in [9.17, 15) is 41.1 Å². The van der Waals surface area contributed by atoms with Crippen molar-refractivity contribution in [3.05, 3.63) is 107 Å². The van der Waals surface area contributed by atoms with Crippen LogP contribution in [0.3, 0.4) is 0 Å². The number of anilines is 4. The number of aryl methyl sites for hydroxylation is 1. The third kappa shape index (κ3) is 18.7. The van der Waals surface area contributed by atoms with Crippen molar-refractivity contribution >= 4 is 62.1 Å². The number of likely N-dealkylation sites (tertiary alicyclic amines) is 1. The van der Waals surface area contributed by atoms with E-state index in [-0.39, 0.29) is 88.9 Å². The van der Waals surface area contributed by atoms with Crippen LogP contribution in [0.4, 0.5) is 36.3 Å². The van der Waals surface area contributed by atoms with Gasteiger partial charge in [0.25, 0.3) is 0 Å². The molecule has 0 radical (unpaired) electrons. The zero-order valence-electron chi connectivity index (χ0n) is 44.6. The van der Waals surface area contributed by atoms with Crippen LogP contribution in [0.1, 0.15) is 62.4 Å². The Kier molecular flexibility index (Phi) is 22.3. The number of amides is 2. The zero-order valence-corrected chi connectivity index (χ0v) is 46.3. The van der Waals surface area contributed by atoms with E-state index in [4.69, 9.17) is 23.7 Å². The summed E-state index contributed by atoms with van der Waals surface area (Å²) in [5, 5.41) is 19.1. The van der Waals surface area contributed by atoms with Gasteiger partial charge in [-0.1, -0.05) is 57.2 Å². The summed E-state index contributed by atoms with van der Waals surface area (Å²) in [5.74, 6) is -1.55. The molecule has 2 amide bonds. The second kappa shape index (κ2) is 28.6. The molecule has 4 N–H and O–H groups in total. The quantitative estimate of drug-likeness (QED) is 0.0328. The number of carbonyl (C=O) groups excluding carboxylic acids is 3. The molecule has 0 saturated carbocycles. The number of alkyl halides is 3. The average Bonchev–Trinajstić information content (AvgIpc) is 4.02. The molecular weight excluding hydrogens is 1060 g/mol. The largest absolute Gasteiger partial charge is 0.491 e. The molecule has 1 aliphatic rings. The van der Waals surface area contributed by atoms with Gasteiger partial charge in [-0.3, -0.25) is 18.7 Å². The van der Waals surface area contributed by atoms with E-state index in [1.54, 1.807) is 65.4 Å². The van der Waals surface area contributed by atoms with E-state index in [0.717, 1.165) is 32.3 Å². The highest BCUT2D eigenvalue weighted by molar-refractivity contribution is 7.92. The van der Waals surface area contributed by atoms with Crippen molar-refractivity contribution in [1.82, 2.24) is 25.2 Å². The van der Waals surface area contributed by atoms with Crippen LogP contribution in [0.5, 0.6) is 5.75 Å². The van der Waals surface area contributed by atoms with Gasteiger partial charge in [-0.25, -0.2) is 18.4 Å². The second-order valence-electron chi connectivity index (χ2n) is 19.6. The van der Waals surface area contributed by atoms with Crippen LogP contribution in [0.25, 0.3) is 10.4 Å². The van der Waals surface area contributed by atoms with Crippen LogP contribution in [0.2, 0.25) is 0 Å². The molecule has 1 saturated heterocycles. The number of halogens is 3. The van der Waals surface area contributed by atoms with Crippen LogP contribution >= 0.6 is 11.3 Å². The Morgan fingerprint density at radius 2 is 1.50 bits per heavy atom. The van der Waals surface area contributed by atoms with Gasteiger partial charge in [-0.2, -0.15) is 18.2 Å². The normalized spacial score (nSPS) is 15.2. The van der Waals surface area contributed by atoms with Gasteiger partial charge in [-0.05, 0) is 65.4 Å². The fourth-order valence-corrected chi connectivity index (χ4v) is 9.52. The summed E-state index contributed by atoms with van der Waals surface area (Å²) in [7, 11) is -2.16. The Bertz CT molecular complexity index is 2850. The van der Waals surface area contributed by atoms with Gasteiger partial charge in [0, 0.05) is 63.7 Å². The highest BCUT2D eigenvalue weighted by Gasteiger charge is 2.44. The number of rotatable bonds is 30. The number of carbonyl (C=O) groups is 3. The number of hydrogen-bond acceptors (Lipinski definition) is 17. The molecule has 3 heterocycles. The van der Waals surface area contributed by atoms with Crippen molar-refractivity contribution in [3.8, 4) is 16.2 Å². The van der Waals surface area contributed by atoms with Gasteiger partial charge in [0.15, 0.2) is 0 Å². The summed E-state index contributed by atoms with van der Waals surface area (Å²) < 4.78 is 94.6. The number of Topliss-reactive ketones (excluding diaryl/α,β-unsaturated/α-hetero) is 1. The predicted molar refractivity (Wildman–Crippen MR) is 290 cm³/mol. The number of ketones is 1. The lowest BCUT2D eigenvalue weighted by Crippen LogP contribution is -2.50. The summed E-state index contributed by atoms with van der Waals surface area (Å²) in [6.07, 6.45) is -3.67. The Morgan fingerprint density at radius 3 is 2.10 bits per heavy atom. The number of thiazole rings is 1. The molecule has 2 aromatic heterocycles. The van der Waals surface area contributed by atoms with E-state index >= 15 is 0 Å². The molecule has 1 aliphatic heterocycles. The van der Waals surface area contributed by atoms with Crippen molar-refractivity contribution in [2.75, 3.05) is 94.2 Å². The molecule has 3 aromatic carbocycles. The standard InChI is InChI=1S/C54H69F3N8O11S2/c1-36-48(77-35-61-36)39-12-10-37(11-13-39)31-59-50(68)47-30-43(67)34-65(47)51(69)45(53(2,3)4)29-42(66)18-19-72-20-21-73-22-23-74-24-25-75-26-27-76-44-16-14-40(15-17-44)62-52-60-33-46(54(55,56)57)49(63-52)58-32-38-8-7-9-41(28-38)64(5)78(6,70)71/h7-17,28,33,35,43,45,47,67H,18-27,29-32,34H2,1-6H3,(H,59,68)(H2,58,60,62,63)/t43-,45-,47+/m1/s1. The molecule has 0 aliphatic carbocycles. The fraction of sp³-hybridized carbons (Fsp3) is 0.481. The lowest BCUT2D eigenvalue weighted by Gasteiger charge is -2.34. The summed E-state index contributed by atoms with van der Waals surface area (Å²) in [5.41, 5.74) is 4.42. The van der Waals surface area contributed by atoms with Crippen LogP contribution in [-0.2, 0) is 62.6 Å². The van der Waals surface area contributed by atoms with Crippen molar-refractivity contribution in [2.24, 2.45) is 11.3 Å². The molecule has 78 heavy (non-hydrogen) atoms. The SMILES string of the molecule is Cc1ncsc1-c1ccc(CNC(=O)[C@@H]2C[C@@H](O)CN2C(=O)[C@@H](CC(=O)CCOCCOCCOCCOCCOc2ccc(Nc3ncc(C(F)(F)F)c(NCc4cccc(N(C)S(C)(=O)=O)c4)n3)cc2)C(C)(C)C)cc1. The Morgan fingerprint density at radius 1 is 0.859 bits per heavy atom. The number of aliphatic hydroxyl groups is 1. The van der Waals surface area contributed by atoms with E-state index < -0.39 is 51.1 Å². The average molecular weight is 1130 g/mol. The van der Waals surface area contributed by atoms with Gasteiger partial charge >= 0.3 is 6.18 Å². The lowest BCUT2D eigenvalue weighted by molar-refractivity contribution is -0.146. The first-order chi connectivity index (χ1) is 37.1. The van der Waals surface area contributed by atoms with Crippen LogP contribution < -0.4 is 25.0 Å². The minimum Gasteiger partial charge on any atom is -0.491 e. The third-order valence-electron chi connectivity index (χ3n) is 12.6. The number of β-amino-alcohol motifs (C(OH)–C–C–N with tert-alkyl or cyclic N) is 1. The summed E-state index contributed by atoms with van der Waals surface area (Å²) in [6.45, 7) is 10.4. The number of nitrogens with one attached hydrogen (secondary N) is 3. The maximum absolute atomic E-state index is 14.0. The van der Waals surface area contributed by atoms with Crippen LogP contribution in [0.15, 0.2) is 84.5 Å². The van der Waals surface area contributed by atoms with Crippen LogP contribution in [0, 0.1) is 18.3 Å². The van der Waals surface area contributed by atoms with Gasteiger partial charge in [-0.15, -0.1) is 11.3 Å². The molecule has 6 rings (SSSR count).